The van der Waals surface area contributed by atoms with Crippen molar-refractivity contribution < 1.29 is 23.1 Å². The predicted molar refractivity (Wildman–Crippen MR) is 201 cm³/mol. The molecule has 0 saturated carbocycles. The van der Waals surface area contributed by atoms with Gasteiger partial charge in [-0.05, 0) is 66.5 Å². The Kier molecular flexibility index (Phi) is 13.7. The number of anilines is 1. The van der Waals surface area contributed by atoms with Gasteiger partial charge in [0.1, 0.15) is 5.69 Å². The summed E-state index contributed by atoms with van der Waals surface area (Å²) in [6.07, 6.45) is 14.7. The van der Waals surface area contributed by atoms with Gasteiger partial charge in [0.2, 0.25) is 21.7 Å². The molecule has 2 heterocycles. The smallest absolute Gasteiger partial charge is 0.332 e. The van der Waals surface area contributed by atoms with Crippen LogP contribution in [0, 0.1) is 0 Å². The van der Waals surface area contributed by atoms with Crippen molar-refractivity contribution in [3.05, 3.63) is 91.9 Å². The fourth-order valence-electron chi connectivity index (χ4n) is 6.40. The first-order chi connectivity index (χ1) is 24.6. The second kappa shape index (κ2) is 18.1. The van der Waals surface area contributed by atoms with Gasteiger partial charge in [-0.25, -0.2) is 22.5 Å². The van der Waals surface area contributed by atoms with E-state index in [4.69, 9.17) is 11.6 Å². The Balaban J connectivity index is 1.31. The van der Waals surface area contributed by atoms with Crippen molar-refractivity contribution in [3.8, 4) is 5.88 Å². The Morgan fingerprint density at radius 3 is 2.37 bits per heavy atom. The number of hydrogen-bond acceptors (Lipinski definition) is 8. The molecule has 1 atom stereocenters. The van der Waals surface area contributed by atoms with Gasteiger partial charge in [0.15, 0.2) is 6.04 Å². The van der Waals surface area contributed by atoms with Crippen LogP contribution in [0.2, 0.25) is 5.02 Å². The van der Waals surface area contributed by atoms with Crippen LogP contribution < -0.4 is 15.7 Å². The van der Waals surface area contributed by atoms with E-state index in [2.05, 4.69) is 21.3 Å². The first-order valence-corrected chi connectivity index (χ1v) is 20.4. The number of amides is 1. The second-order valence-electron chi connectivity index (χ2n) is 13.0. The summed E-state index contributed by atoms with van der Waals surface area (Å²) < 4.78 is 35.3. The van der Waals surface area contributed by atoms with Crippen LogP contribution in [0.15, 0.2) is 64.4 Å². The molecule has 0 saturated heterocycles. The Hall–Kier alpha value is -3.78. The molecule has 5 rings (SSSR count). The number of sulfonamides is 1. The van der Waals surface area contributed by atoms with E-state index >= 15 is 0 Å². The number of imidazole rings is 1. The molecule has 1 amide bonds. The maximum absolute atomic E-state index is 14.1. The maximum Gasteiger partial charge on any atom is 0.332 e. The highest BCUT2D eigenvalue weighted by molar-refractivity contribution is 7.89. The minimum Gasteiger partial charge on any atom is -0.493 e. The number of carbonyl (C=O) groups excluding carboxylic acids is 2. The summed E-state index contributed by atoms with van der Waals surface area (Å²) in [7, 11) is -3.95. The molecule has 2 aromatic carbocycles. The third kappa shape index (κ3) is 9.76. The van der Waals surface area contributed by atoms with Crippen molar-refractivity contribution in [1.82, 2.24) is 18.2 Å². The fraction of sp³-hybridized carbons (Fsp3) is 0.459. The van der Waals surface area contributed by atoms with Crippen molar-refractivity contribution >= 4 is 50.5 Å². The third-order valence-electron chi connectivity index (χ3n) is 9.18. The fourth-order valence-corrected chi connectivity index (χ4v) is 8.61. The molecule has 0 radical (unpaired) electrons. The zero-order valence-corrected chi connectivity index (χ0v) is 31.3. The number of aromatic nitrogens is 3. The number of carbonyl (C=O) groups is 2. The molecule has 14 heteroatoms. The molecule has 3 N–H and O–H groups in total. The molecular formula is C37H46ClN5O6S2. The van der Waals surface area contributed by atoms with E-state index < -0.39 is 39.3 Å². The zero-order valence-electron chi connectivity index (χ0n) is 28.9. The first kappa shape index (κ1) is 38.5. The number of hydrogen-bond donors (Lipinski definition) is 3. The molecule has 4 aromatic rings. The van der Waals surface area contributed by atoms with Crippen molar-refractivity contribution in [2.75, 3.05) is 11.9 Å². The predicted octanol–water partition coefficient (Wildman–Crippen LogP) is 7.26. The van der Waals surface area contributed by atoms with Crippen LogP contribution in [-0.2, 0) is 34.2 Å². The number of benzene rings is 2. The van der Waals surface area contributed by atoms with Gasteiger partial charge in [-0.3, -0.25) is 14.2 Å². The normalized spacial score (nSPS) is 13.3. The molecule has 2 aromatic heterocycles. The Bertz CT molecular complexity index is 1970. The average molecular weight is 756 g/mol. The van der Waals surface area contributed by atoms with Crippen molar-refractivity contribution in [2.45, 2.75) is 108 Å². The van der Waals surface area contributed by atoms with E-state index in [9.17, 15) is 27.9 Å². The van der Waals surface area contributed by atoms with Crippen LogP contribution in [0.5, 0.6) is 5.88 Å². The lowest BCUT2D eigenvalue weighted by Crippen LogP contribution is -2.39. The van der Waals surface area contributed by atoms with Crippen LogP contribution in [0.25, 0.3) is 0 Å². The summed E-state index contributed by atoms with van der Waals surface area (Å²) in [6, 6.07) is 11.1. The maximum atomic E-state index is 14.1. The van der Waals surface area contributed by atoms with Crippen LogP contribution in [-0.4, -0.2) is 45.3 Å². The minimum atomic E-state index is -3.95. The number of ketones is 1. The summed E-state index contributed by atoms with van der Waals surface area (Å²) in [5, 5.41) is 13.6. The van der Waals surface area contributed by atoms with Gasteiger partial charge in [0.05, 0.1) is 28.3 Å². The number of fused-ring (bicyclic) bond motifs is 1. The van der Waals surface area contributed by atoms with Crippen LogP contribution in [0.1, 0.15) is 110 Å². The molecule has 1 aliphatic carbocycles. The monoisotopic (exact) mass is 755 g/mol. The zero-order chi connectivity index (χ0) is 36.4. The van der Waals surface area contributed by atoms with Crippen molar-refractivity contribution in [3.63, 3.8) is 0 Å². The first-order valence-electron chi connectivity index (χ1n) is 17.8. The molecule has 51 heavy (non-hydrogen) atoms. The number of halogens is 1. The number of unbranched alkanes of at least 4 members (excludes halogenated alkanes) is 9. The Labute approximate surface area is 308 Å². The Morgan fingerprint density at radius 2 is 1.67 bits per heavy atom. The number of nitrogens with one attached hydrogen (secondary N) is 2. The lowest BCUT2D eigenvalue weighted by molar-refractivity contribution is -0.118. The molecule has 0 bridgehead atoms. The highest BCUT2D eigenvalue weighted by Gasteiger charge is 2.38. The SMILES string of the molecule is CCCCCCCCCCCCNS(=O)(=O)c1ccc(Cl)c(NC(=O)C(C(=O)c2nsc3c2CCC3)n2c(O)cn(Cc3ccccc3)c2=O)c1. The topological polar surface area (TPSA) is 152 Å². The lowest BCUT2D eigenvalue weighted by atomic mass is 10.0. The summed E-state index contributed by atoms with van der Waals surface area (Å²) in [5.41, 5.74) is 0.733. The van der Waals surface area contributed by atoms with E-state index in [1.807, 2.05) is 30.3 Å². The highest BCUT2D eigenvalue weighted by Crippen LogP contribution is 2.33. The largest absolute Gasteiger partial charge is 0.493 e. The van der Waals surface area contributed by atoms with Gasteiger partial charge in [0, 0.05) is 11.4 Å². The number of nitrogens with zero attached hydrogens (tertiary/aromatic N) is 3. The van der Waals surface area contributed by atoms with Gasteiger partial charge < -0.3 is 10.4 Å². The standard InChI is InChI=1S/C37H46ClN5O6S2/c1-2-3-4-5-6-7-8-9-10-14-22-39-51(48,49)27-20-21-29(38)30(23-27)40-36(46)34(35(45)33-28-18-15-19-31(28)50-41-33)43-32(44)25-42(37(43)47)24-26-16-12-11-13-17-26/h11-13,16-17,20-21,23,25,34,39,44H,2-10,14-15,18-19,22,24H2,1H3,(H,40,46). The van der Waals surface area contributed by atoms with Crippen LogP contribution in [0.3, 0.4) is 0 Å². The summed E-state index contributed by atoms with van der Waals surface area (Å²) in [5.74, 6) is -2.33. The number of rotatable bonds is 20. The average Bonchev–Trinajstić information content (AvgIpc) is 3.81. The lowest BCUT2D eigenvalue weighted by Gasteiger charge is -2.18. The van der Waals surface area contributed by atoms with E-state index in [1.54, 1.807) is 0 Å². The van der Waals surface area contributed by atoms with Gasteiger partial charge in [0.25, 0.3) is 5.91 Å². The molecular weight excluding hydrogens is 710 g/mol. The second-order valence-corrected chi connectivity index (χ2v) is 16.0. The van der Waals surface area contributed by atoms with E-state index in [1.165, 1.54) is 79.0 Å². The number of Topliss-reactive ketones (excluding diaryl/α,β-unsaturated/α-hetero) is 1. The van der Waals surface area contributed by atoms with Crippen LogP contribution in [0.4, 0.5) is 5.69 Å². The van der Waals surface area contributed by atoms with E-state index in [0.29, 0.717) is 12.8 Å². The van der Waals surface area contributed by atoms with Crippen molar-refractivity contribution in [2.24, 2.45) is 0 Å². The number of aryl methyl sites for hydroxylation is 1. The van der Waals surface area contributed by atoms with Gasteiger partial charge in [-0.1, -0.05) is 107 Å². The quantitative estimate of drug-likeness (QED) is 0.0488. The van der Waals surface area contributed by atoms with Gasteiger partial charge in [-0.2, -0.15) is 4.37 Å². The number of aromatic hydroxyl groups is 1. The van der Waals surface area contributed by atoms with E-state index in [0.717, 1.165) is 52.7 Å². The van der Waals surface area contributed by atoms with Gasteiger partial charge >= 0.3 is 5.69 Å². The van der Waals surface area contributed by atoms with Crippen molar-refractivity contribution in [1.29, 1.82) is 0 Å². The van der Waals surface area contributed by atoms with Crippen LogP contribution >= 0.6 is 23.1 Å². The molecule has 0 spiro atoms. The molecule has 0 aliphatic heterocycles. The Morgan fingerprint density at radius 1 is 0.980 bits per heavy atom. The molecule has 1 unspecified atom stereocenters. The molecule has 1 aliphatic rings. The van der Waals surface area contributed by atoms with E-state index in [-0.39, 0.29) is 34.4 Å². The molecule has 11 nitrogen and oxygen atoms in total. The highest BCUT2D eigenvalue weighted by atomic mass is 35.5. The minimum absolute atomic E-state index is 0.0240. The van der Waals surface area contributed by atoms with Gasteiger partial charge in [-0.15, -0.1) is 0 Å². The summed E-state index contributed by atoms with van der Waals surface area (Å²) in [4.78, 5) is 42.7. The summed E-state index contributed by atoms with van der Waals surface area (Å²) >= 11 is 7.61. The summed E-state index contributed by atoms with van der Waals surface area (Å²) in [6.45, 7) is 2.56. The molecule has 0 fully saturated rings. The third-order valence-corrected chi connectivity index (χ3v) is 11.9. The molecule has 274 valence electrons.